The third kappa shape index (κ3) is 4.01. The van der Waals surface area contributed by atoms with Crippen molar-refractivity contribution in [2.45, 2.75) is 25.5 Å². The maximum Gasteiger partial charge on any atom is 0.137 e. The predicted molar refractivity (Wildman–Crippen MR) is 76.5 cm³/mol. The molecule has 112 valence electrons. The van der Waals surface area contributed by atoms with Crippen molar-refractivity contribution in [2.24, 2.45) is 0 Å². The van der Waals surface area contributed by atoms with Crippen molar-refractivity contribution in [1.82, 2.24) is 19.7 Å². The third-order valence-corrected chi connectivity index (χ3v) is 3.76. The van der Waals surface area contributed by atoms with Gasteiger partial charge in [0.2, 0.25) is 0 Å². The lowest BCUT2D eigenvalue weighted by molar-refractivity contribution is 0.0979. The van der Waals surface area contributed by atoms with Gasteiger partial charge in [0.05, 0.1) is 6.54 Å². The van der Waals surface area contributed by atoms with Crippen molar-refractivity contribution in [3.63, 3.8) is 0 Å². The van der Waals surface area contributed by atoms with Crippen LogP contribution in [0, 0.1) is 5.82 Å². The molecular formula is C15H19FN4O. The molecule has 0 radical (unpaired) electrons. The molecule has 1 aromatic carbocycles. The van der Waals surface area contributed by atoms with Crippen LogP contribution in [-0.4, -0.2) is 45.4 Å². The van der Waals surface area contributed by atoms with Gasteiger partial charge in [0.1, 0.15) is 30.3 Å². The summed E-state index contributed by atoms with van der Waals surface area (Å²) in [6.45, 7) is 3.87. The zero-order valence-corrected chi connectivity index (χ0v) is 11.9. The quantitative estimate of drug-likeness (QED) is 0.844. The highest BCUT2D eigenvalue weighted by molar-refractivity contribution is 5.22. The maximum absolute atomic E-state index is 12.8. The zero-order chi connectivity index (χ0) is 14.5. The number of aromatic nitrogens is 3. The van der Waals surface area contributed by atoms with Crippen LogP contribution < -0.4 is 4.74 Å². The SMILES string of the molecule is Fc1ccc(OC2CCN(CCn3cncn3)CC2)cc1. The Kier molecular flexibility index (Phi) is 4.45. The van der Waals surface area contributed by atoms with Gasteiger partial charge in [-0.3, -0.25) is 4.68 Å². The van der Waals surface area contributed by atoms with E-state index in [0.29, 0.717) is 0 Å². The topological polar surface area (TPSA) is 43.2 Å². The van der Waals surface area contributed by atoms with Gasteiger partial charge in [0.25, 0.3) is 0 Å². The van der Waals surface area contributed by atoms with Gasteiger partial charge in [0, 0.05) is 19.6 Å². The minimum Gasteiger partial charge on any atom is -0.490 e. The van der Waals surface area contributed by atoms with Crippen LogP contribution in [0.15, 0.2) is 36.9 Å². The van der Waals surface area contributed by atoms with Gasteiger partial charge in [-0.05, 0) is 37.1 Å². The van der Waals surface area contributed by atoms with Gasteiger partial charge in [-0.1, -0.05) is 0 Å². The van der Waals surface area contributed by atoms with Gasteiger partial charge in [0.15, 0.2) is 0 Å². The van der Waals surface area contributed by atoms with E-state index in [0.717, 1.165) is 44.8 Å². The van der Waals surface area contributed by atoms with Gasteiger partial charge >= 0.3 is 0 Å². The van der Waals surface area contributed by atoms with Crippen LogP contribution in [0.25, 0.3) is 0 Å². The van der Waals surface area contributed by atoms with Crippen LogP contribution in [0.1, 0.15) is 12.8 Å². The molecule has 0 aliphatic carbocycles. The van der Waals surface area contributed by atoms with Crippen LogP contribution >= 0.6 is 0 Å². The van der Waals surface area contributed by atoms with E-state index in [4.69, 9.17) is 4.74 Å². The molecule has 0 N–H and O–H groups in total. The Morgan fingerprint density at radius 3 is 2.57 bits per heavy atom. The summed E-state index contributed by atoms with van der Waals surface area (Å²) in [5.41, 5.74) is 0. The van der Waals surface area contributed by atoms with E-state index in [-0.39, 0.29) is 11.9 Å². The van der Waals surface area contributed by atoms with Crippen LogP contribution in [0.4, 0.5) is 4.39 Å². The Balaban J connectivity index is 1.41. The van der Waals surface area contributed by atoms with Crippen molar-refractivity contribution in [3.8, 4) is 5.75 Å². The highest BCUT2D eigenvalue weighted by Gasteiger charge is 2.20. The standard InChI is InChI=1S/C15H19FN4O/c16-13-1-3-14(4-2-13)21-15-5-7-19(8-6-15)9-10-20-12-17-11-18-20/h1-4,11-12,15H,5-10H2. The fraction of sp³-hybridized carbons (Fsp3) is 0.467. The van der Waals surface area contributed by atoms with Crippen LogP contribution in [0.2, 0.25) is 0 Å². The third-order valence-electron chi connectivity index (χ3n) is 3.76. The highest BCUT2D eigenvalue weighted by atomic mass is 19.1. The van der Waals surface area contributed by atoms with Crippen LogP contribution in [-0.2, 0) is 6.54 Å². The van der Waals surface area contributed by atoms with Crippen molar-refractivity contribution < 1.29 is 9.13 Å². The molecule has 2 aromatic rings. The number of hydrogen-bond acceptors (Lipinski definition) is 4. The van der Waals surface area contributed by atoms with E-state index in [9.17, 15) is 4.39 Å². The Morgan fingerprint density at radius 2 is 1.90 bits per heavy atom. The summed E-state index contributed by atoms with van der Waals surface area (Å²) in [6.07, 6.45) is 5.51. The van der Waals surface area contributed by atoms with Gasteiger partial charge < -0.3 is 9.64 Å². The summed E-state index contributed by atoms with van der Waals surface area (Å²) < 4.78 is 20.6. The summed E-state index contributed by atoms with van der Waals surface area (Å²) >= 11 is 0. The largest absolute Gasteiger partial charge is 0.490 e. The van der Waals surface area contributed by atoms with Crippen LogP contribution in [0.5, 0.6) is 5.75 Å². The highest BCUT2D eigenvalue weighted by Crippen LogP contribution is 2.19. The lowest BCUT2D eigenvalue weighted by Gasteiger charge is -2.32. The predicted octanol–water partition coefficient (Wildman–Crippen LogP) is 1.96. The molecule has 0 bridgehead atoms. The number of likely N-dealkylation sites (tertiary alicyclic amines) is 1. The molecule has 3 rings (SSSR count). The Hall–Kier alpha value is -1.95. The molecule has 0 atom stereocenters. The fourth-order valence-corrected chi connectivity index (χ4v) is 2.55. The fourth-order valence-electron chi connectivity index (χ4n) is 2.55. The molecule has 0 unspecified atom stereocenters. The summed E-state index contributed by atoms with van der Waals surface area (Å²) in [5, 5.41) is 4.10. The molecule has 0 saturated carbocycles. The molecule has 1 aliphatic heterocycles. The number of benzene rings is 1. The molecular weight excluding hydrogens is 271 g/mol. The van der Waals surface area contributed by atoms with Gasteiger partial charge in [-0.2, -0.15) is 5.10 Å². The van der Waals surface area contributed by atoms with E-state index in [1.165, 1.54) is 12.1 Å². The number of rotatable bonds is 5. The first kappa shape index (κ1) is 14.0. The number of nitrogens with zero attached hydrogens (tertiary/aromatic N) is 4. The second-order valence-corrected chi connectivity index (χ2v) is 5.27. The summed E-state index contributed by atoms with van der Waals surface area (Å²) in [5.74, 6) is 0.516. The van der Waals surface area contributed by atoms with Gasteiger partial charge in [-0.25, -0.2) is 9.37 Å². The molecule has 2 heterocycles. The van der Waals surface area contributed by atoms with E-state index in [1.54, 1.807) is 24.8 Å². The molecule has 0 spiro atoms. The number of piperidine rings is 1. The molecule has 6 heteroatoms. The molecule has 5 nitrogen and oxygen atoms in total. The summed E-state index contributed by atoms with van der Waals surface area (Å²) in [4.78, 5) is 6.35. The summed E-state index contributed by atoms with van der Waals surface area (Å²) in [7, 11) is 0. The van der Waals surface area contributed by atoms with Crippen molar-refractivity contribution in [1.29, 1.82) is 0 Å². The number of ether oxygens (including phenoxy) is 1. The lowest BCUT2D eigenvalue weighted by atomic mass is 10.1. The van der Waals surface area contributed by atoms with E-state index >= 15 is 0 Å². The molecule has 21 heavy (non-hydrogen) atoms. The second-order valence-electron chi connectivity index (χ2n) is 5.27. The second kappa shape index (κ2) is 6.67. The van der Waals surface area contributed by atoms with E-state index in [2.05, 4.69) is 15.0 Å². The van der Waals surface area contributed by atoms with E-state index in [1.807, 2.05) is 4.68 Å². The van der Waals surface area contributed by atoms with E-state index < -0.39 is 0 Å². The first-order chi connectivity index (χ1) is 10.3. The maximum atomic E-state index is 12.8. The Bertz CT molecular complexity index is 535. The Morgan fingerprint density at radius 1 is 1.14 bits per heavy atom. The number of hydrogen-bond donors (Lipinski definition) is 0. The van der Waals surface area contributed by atoms with Gasteiger partial charge in [-0.15, -0.1) is 0 Å². The average Bonchev–Trinajstić information content (AvgIpc) is 3.02. The molecule has 1 aliphatic rings. The minimum atomic E-state index is -0.231. The van der Waals surface area contributed by atoms with Crippen LogP contribution in [0.3, 0.4) is 0 Å². The van der Waals surface area contributed by atoms with Crippen molar-refractivity contribution in [2.75, 3.05) is 19.6 Å². The molecule has 0 amide bonds. The molecule has 1 saturated heterocycles. The average molecular weight is 290 g/mol. The van der Waals surface area contributed by atoms with Crippen molar-refractivity contribution >= 4 is 0 Å². The number of halogens is 1. The first-order valence-corrected chi connectivity index (χ1v) is 7.26. The lowest BCUT2D eigenvalue weighted by Crippen LogP contribution is -2.39. The zero-order valence-electron chi connectivity index (χ0n) is 11.9. The van der Waals surface area contributed by atoms with Crippen molar-refractivity contribution in [3.05, 3.63) is 42.7 Å². The first-order valence-electron chi connectivity index (χ1n) is 7.26. The molecule has 1 aromatic heterocycles. The smallest absolute Gasteiger partial charge is 0.137 e. The monoisotopic (exact) mass is 290 g/mol. The Labute approximate surface area is 123 Å². The normalized spacial score (nSPS) is 17.0. The summed E-state index contributed by atoms with van der Waals surface area (Å²) in [6, 6.07) is 6.24. The molecule has 1 fully saturated rings. The minimum absolute atomic E-state index is 0.220.